The van der Waals surface area contributed by atoms with Gasteiger partial charge in [-0.1, -0.05) is 44.2 Å². The van der Waals surface area contributed by atoms with Gasteiger partial charge in [0.25, 0.3) is 0 Å². The van der Waals surface area contributed by atoms with Crippen molar-refractivity contribution in [1.29, 1.82) is 0 Å². The summed E-state index contributed by atoms with van der Waals surface area (Å²) in [5.74, 6) is 1.78. The van der Waals surface area contributed by atoms with Gasteiger partial charge in [0.2, 0.25) is 0 Å². The third kappa shape index (κ3) is 3.13. The maximum absolute atomic E-state index is 5.47. The zero-order valence-electron chi connectivity index (χ0n) is 12.6. The predicted molar refractivity (Wildman–Crippen MR) is 82.7 cm³/mol. The Bertz CT molecular complexity index is 559. The summed E-state index contributed by atoms with van der Waals surface area (Å²) >= 11 is 0. The molecule has 0 unspecified atom stereocenters. The highest BCUT2D eigenvalue weighted by Crippen LogP contribution is 2.33. The van der Waals surface area contributed by atoms with Crippen molar-refractivity contribution in [2.75, 3.05) is 14.2 Å². The van der Waals surface area contributed by atoms with Crippen LogP contribution in [0.2, 0.25) is 0 Å². The Morgan fingerprint density at radius 1 is 0.900 bits per heavy atom. The van der Waals surface area contributed by atoms with Crippen molar-refractivity contribution < 1.29 is 9.47 Å². The molecular formula is C18H22O2. The molecule has 2 heteroatoms. The second-order valence-corrected chi connectivity index (χ2v) is 5.60. The van der Waals surface area contributed by atoms with Gasteiger partial charge in [0.1, 0.15) is 11.5 Å². The minimum absolute atomic E-state index is 0.0426. The zero-order valence-corrected chi connectivity index (χ0v) is 12.6. The Balaban J connectivity index is 2.33. The molecule has 0 atom stereocenters. The third-order valence-electron chi connectivity index (χ3n) is 3.68. The maximum Gasteiger partial charge on any atom is 0.122 e. The molecular weight excluding hydrogens is 248 g/mol. The lowest BCUT2D eigenvalue weighted by atomic mass is 9.79. The van der Waals surface area contributed by atoms with Gasteiger partial charge in [-0.3, -0.25) is 0 Å². The van der Waals surface area contributed by atoms with E-state index in [-0.39, 0.29) is 5.41 Å². The lowest BCUT2D eigenvalue weighted by Crippen LogP contribution is -2.20. The summed E-state index contributed by atoms with van der Waals surface area (Å²) in [4.78, 5) is 0. The van der Waals surface area contributed by atoms with E-state index in [1.54, 1.807) is 14.2 Å². The first-order chi connectivity index (χ1) is 9.56. The van der Waals surface area contributed by atoms with Gasteiger partial charge in [-0.2, -0.15) is 0 Å². The van der Waals surface area contributed by atoms with E-state index in [2.05, 4.69) is 44.2 Å². The molecule has 2 aromatic rings. The van der Waals surface area contributed by atoms with Crippen LogP contribution in [0.15, 0.2) is 48.5 Å². The molecule has 0 aromatic heterocycles. The Morgan fingerprint density at radius 2 is 1.60 bits per heavy atom. The third-order valence-corrected chi connectivity index (χ3v) is 3.68. The molecule has 0 fully saturated rings. The topological polar surface area (TPSA) is 18.5 Å². The largest absolute Gasteiger partial charge is 0.497 e. The predicted octanol–water partition coefficient (Wildman–Crippen LogP) is 4.22. The van der Waals surface area contributed by atoms with Crippen molar-refractivity contribution in [3.05, 3.63) is 59.7 Å². The van der Waals surface area contributed by atoms with Crippen LogP contribution in [0.1, 0.15) is 25.0 Å². The first-order valence-electron chi connectivity index (χ1n) is 6.83. The molecule has 0 bridgehead atoms. The van der Waals surface area contributed by atoms with Gasteiger partial charge < -0.3 is 9.47 Å². The summed E-state index contributed by atoms with van der Waals surface area (Å²) in [6, 6.07) is 16.5. The molecule has 0 radical (unpaired) electrons. The summed E-state index contributed by atoms with van der Waals surface area (Å²) in [5.41, 5.74) is 2.53. The van der Waals surface area contributed by atoms with Crippen molar-refractivity contribution in [3.63, 3.8) is 0 Å². The van der Waals surface area contributed by atoms with Crippen LogP contribution in [-0.4, -0.2) is 14.2 Å². The van der Waals surface area contributed by atoms with Gasteiger partial charge in [0, 0.05) is 0 Å². The molecule has 0 aliphatic rings. The van der Waals surface area contributed by atoms with Gasteiger partial charge in [0.05, 0.1) is 14.2 Å². The Kier molecular flexibility index (Phi) is 4.33. The van der Waals surface area contributed by atoms with E-state index in [0.717, 1.165) is 17.9 Å². The number of hydrogen-bond donors (Lipinski definition) is 0. The van der Waals surface area contributed by atoms with Crippen LogP contribution in [0.3, 0.4) is 0 Å². The monoisotopic (exact) mass is 270 g/mol. The summed E-state index contributed by atoms with van der Waals surface area (Å²) in [6.07, 6.45) is 0.900. The molecule has 0 N–H and O–H groups in total. The van der Waals surface area contributed by atoms with Crippen molar-refractivity contribution >= 4 is 0 Å². The van der Waals surface area contributed by atoms with E-state index in [4.69, 9.17) is 9.47 Å². The van der Waals surface area contributed by atoms with Gasteiger partial charge in [-0.15, -0.1) is 0 Å². The summed E-state index contributed by atoms with van der Waals surface area (Å²) < 4.78 is 10.8. The van der Waals surface area contributed by atoms with Crippen LogP contribution < -0.4 is 9.47 Å². The SMILES string of the molecule is COc1ccc(OC)c(CC(C)(C)c2ccccc2)c1. The second kappa shape index (κ2) is 6.00. The standard InChI is InChI=1S/C18H22O2/c1-18(2,15-8-6-5-7-9-15)13-14-12-16(19-3)10-11-17(14)20-4/h5-12H,13H2,1-4H3. The Labute approximate surface area is 121 Å². The summed E-state index contributed by atoms with van der Waals surface area (Å²) in [5, 5.41) is 0. The lowest BCUT2D eigenvalue weighted by Gasteiger charge is -2.26. The minimum Gasteiger partial charge on any atom is -0.497 e. The molecule has 0 saturated carbocycles. The number of rotatable bonds is 5. The molecule has 0 spiro atoms. The molecule has 106 valence electrons. The van der Waals surface area contributed by atoms with E-state index in [1.807, 2.05) is 18.2 Å². The van der Waals surface area contributed by atoms with Crippen LogP contribution in [-0.2, 0) is 11.8 Å². The molecule has 0 heterocycles. The van der Waals surface area contributed by atoms with Crippen molar-refractivity contribution in [1.82, 2.24) is 0 Å². The van der Waals surface area contributed by atoms with Crippen LogP contribution in [0.5, 0.6) is 11.5 Å². The second-order valence-electron chi connectivity index (χ2n) is 5.60. The maximum atomic E-state index is 5.47. The first kappa shape index (κ1) is 14.4. The minimum atomic E-state index is 0.0426. The fraction of sp³-hybridized carbons (Fsp3) is 0.333. The molecule has 2 nitrogen and oxygen atoms in total. The fourth-order valence-electron chi connectivity index (χ4n) is 2.49. The van der Waals surface area contributed by atoms with E-state index in [9.17, 15) is 0 Å². The first-order valence-corrected chi connectivity index (χ1v) is 6.83. The fourth-order valence-corrected chi connectivity index (χ4v) is 2.49. The van der Waals surface area contributed by atoms with E-state index >= 15 is 0 Å². The number of hydrogen-bond acceptors (Lipinski definition) is 2. The molecule has 0 aliphatic carbocycles. The van der Waals surface area contributed by atoms with Crippen LogP contribution in [0.4, 0.5) is 0 Å². The quantitative estimate of drug-likeness (QED) is 0.809. The zero-order chi connectivity index (χ0) is 14.6. The molecule has 20 heavy (non-hydrogen) atoms. The smallest absolute Gasteiger partial charge is 0.122 e. The van der Waals surface area contributed by atoms with E-state index in [0.29, 0.717) is 0 Å². The van der Waals surface area contributed by atoms with Gasteiger partial charge in [-0.05, 0) is 41.2 Å². The molecule has 2 rings (SSSR count). The molecule has 2 aromatic carbocycles. The number of benzene rings is 2. The van der Waals surface area contributed by atoms with Crippen molar-refractivity contribution in [2.45, 2.75) is 25.7 Å². The number of methoxy groups -OCH3 is 2. The summed E-state index contributed by atoms with van der Waals surface area (Å²) in [6.45, 7) is 4.50. The summed E-state index contributed by atoms with van der Waals surface area (Å²) in [7, 11) is 3.40. The van der Waals surface area contributed by atoms with E-state index < -0.39 is 0 Å². The Morgan fingerprint density at radius 3 is 2.20 bits per heavy atom. The average molecular weight is 270 g/mol. The molecule has 0 amide bonds. The van der Waals surface area contributed by atoms with E-state index in [1.165, 1.54) is 11.1 Å². The molecule has 0 aliphatic heterocycles. The number of ether oxygens (including phenoxy) is 2. The Hall–Kier alpha value is -1.96. The van der Waals surface area contributed by atoms with Crippen LogP contribution in [0.25, 0.3) is 0 Å². The highest BCUT2D eigenvalue weighted by atomic mass is 16.5. The highest BCUT2D eigenvalue weighted by Gasteiger charge is 2.22. The van der Waals surface area contributed by atoms with Crippen LogP contribution >= 0.6 is 0 Å². The molecule has 0 saturated heterocycles. The van der Waals surface area contributed by atoms with Gasteiger partial charge >= 0.3 is 0 Å². The van der Waals surface area contributed by atoms with Crippen LogP contribution in [0, 0.1) is 0 Å². The van der Waals surface area contributed by atoms with Gasteiger partial charge in [-0.25, -0.2) is 0 Å². The highest BCUT2D eigenvalue weighted by molar-refractivity contribution is 5.42. The van der Waals surface area contributed by atoms with Crippen molar-refractivity contribution in [3.8, 4) is 11.5 Å². The lowest BCUT2D eigenvalue weighted by molar-refractivity contribution is 0.392. The normalized spacial score (nSPS) is 11.2. The van der Waals surface area contributed by atoms with Crippen molar-refractivity contribution in [2.24, 2.45) is 0 Å². The average Bonchev–Trinajstić information content (AvgIpc) is 2.47. The van der Waals surface area contributed by atoms with Gasteiger partial charge in [0.15, 0.2) is 0 Å².